The molecule has 1 saturated heterocycles. The molecule has 176 valence electrons. The molecule has 1 fully saturated rings. The van der Waals surface area contributed by atoms with Crippen molar-refractivity contribution in [1.82, 2.24) is 4.98 Å². The van der Waals surface area contributed by atoms with E-state index in [0.29, 0.717) is 17.1 Å². The summed E-state index contributed by atoms with van der Waals surface area (Å²) in [5, 5.41) is 1.91. The van der Waals surface area contributed by atoms with Gasteiger partial charge in [-0.3, -0.25) is 19.3 Å². The van der Waals surface area contributed by atoms with E-state index in [0.717, 1.165) is 11.3 Å². The van der Waals surface area contributed by atoms with E-state index in [4.69, 9.17) is 9.47 Å². The number of amides is 2. The van der Waals surface area contributed by atoms with Crippen LogP contribution in [0.15, 0.2) is 53.9 Å². The van der Waals surface area contributed by atoms with Crippen LogP contribution in [0.3, 0.4) is 0 Å². The largest absolute Gasteiger partial charge is 0.495 e. The predicted octanol–water partition coefficient (Wildman–Crippen LogP) is 4.07. The zero-order chi connectivity index (χ0) is 24.2. The Morgan fingerprint density at radius 1 is 1.21 bits per heavy atom. The smallest absolute Gasteiger partial charge is 0.311 e. The number of carbonyl (C=O) groups excluding carboxylic acids is 3. The molecule has 2 heterocycles. The number of carbonyl (C=O) groups is 3. The van der Waals surface area contributed by atoms with Crippen molar-refractivity contribution in [3.8, 4) is 5.75 Å². The maximum atomic E-state index is 14.2. The Kier molecular flexibility index (Phi) is 6.87. The highest BCUT2D eigenvalue weighted by Crippen LogP contribution is 2.34. The molecular formula is C24H22FN3O5S. The average molecular weight is 484 g/mol. The quantitative estimate of drug-likeness (QED) is 0.471. The lowest BCUT2D eigenvalue weighted by Crippen LogP contribution is -2.26. The van der Waals surface area contributed by atoms with Gasteiger partial charge in [-0.05, 0) is 24.3 Å². The van der Waals surface area contributed by atoms with Gasteiger partial charge in [0.1, 0.15) is 18.2 Å². The van der Waals surface area contributed by atoms with Crippen molar-refractivity contribution in [2.24, 2.45) is 5.92 Å². The van der Waals surface area contributed by atoms with Crippen molar-refractivity contribution in [2.45, 2.75) is 20.0 Å². The number of benzene rings is 2. The highest BCUT2D eigenvalue weighted by atomic mass is 32.1. The van der Waals surface area contributed by atoms with E-state index in [1.54, 1.807) is 35.7 Å². The lowest BCUT2D eigenvalue weighted by Gasteiger charge is -2.19. The third-order valence-electron chi connectivity index (χ3n) is 5.34. The summed E-state index contributed by atoms with van der Waals surface area (Å²) in [6, 6.07) is 13.0. The zero-order valence-corrected chi connectivity index (χ0v) is 19.4. The third kappa shape index (κ3) is 4.76. The van der Waals surface area contributed by atoms with Crippen LogP contribution in [0.2, 0.25) is 0 Å². The van der Waals surface area contributed by atoms with Gasteiger partial charge in [0.15, 0.2) is 5.13 Å². The van der Waals surface area contributed by atoms with E-state index in [1.807, 2.05) is 0 Å². The summed E-state index contributed by atoms with van der Waals surface area (Å²) >= 11 is 1.14. The van der Waals surface area contributed by atoms with E-state index >= 15 is 0 Å². The fourth-order valence-electron chi connectivity index (χ4n) is 3.72. The molecule has 8 nitrogen and oxygen atoms in total. The Morgan fingerprint density at radius 2 is 1.94 bits per heavy atom. The van der Waals surface area contributed by atoms with E-state index in [9.17, 15) is 18.8 Å². The van der Waals surface area contributed by atoms with Crippen molar-refractivity contribution in [3.05, 3.63) is 65.4 Å². The van der Waals surface area contributed by atoms with Gasteiger partial charge in [0.25, 0.3) is 0 Å². The molecule has 0 unspecified atom stereocenters. The van der Waals surface area contributed by atoms with Crippen molar-refractivity contribution in [2.75, 3.05) is 23.5 Å². The summed E-state index contributed by atoms with van der Waals surface area (Å²) in [7, 11) is 1.52. The van der Waals surface area contributed by atoms with Gasteiger partial charge in [-0.15, -0.1) is 11.3 Å². The summed E-state index contributed by atoms with van der Waals surface area (Å²) in [6.45, 7) is 1.38. The van der Waals surface area contributed by atoms with Crippen molar-refractivity contribution >= 4 is 45.6 Å². The topological polar surface area (TPSA) is 89.0 Å². The Morgan fingerprint density at radius 3 is 2.68 bits per heavy atom. The zero-order valence-electron chi connectivity index (χ0n) is 18.6. The number of ether oxygens (including phenoxy) is 2. The minimum atomic E-state index is -0.623. The van der Waals surface area contributed by atoms with E-state index in [-0.39, 0.29) is 36.3 Å². The first-order valence-corrected chi connectivity index (χ1v) is 11.4. The highest BCUT2D eigenvalue weighted by molar-refractivity contribution is 7.14. The number of para-hydroxylation sites is 3. The number of rotatable bonds is 7. The van der Waals surface area contributed by atoms with Crippen LogP contribution in [0, 0.1) is 11.7 Å². The first kappa shape index (κ1) is 23.4. The minimum absolute atomic E-state index is 0.0323. The Bertz CT molecular complexity index is 1230. The Hall–Kier alpha value is -3.79. The van der Waals surface area contributed by atoms with Gasteiger partial charge >= 0.3 is 5.97 Å². The third-order valence-corrected chi connectivity index (χ3v) is 6.21. The minimum Gasteiger partial charge on any atom is -0.495 e. The molecule has 2 amide bonds. The van der Waals surface area contributed by atoms with Gasteiger partial charge in [0.05, 0.1) is 30.1 Å². The van der Waals surface area contributed by atoms with Crippen LogP contribution in [-0.2, 0) is 25.7 Å². The van der Waals surface area contributed by atoms with Crippen LogP contribution in [-0.4, -0.2) is 36.4 Å². The molecule has 0 aliphatic carbocycles. The fraction of sp³-hybridized carbons (Fsp3) is 0.250. The summed E-state index contributed by atoms with van der Waals surface area (Å²) in [6.07, 6.45) is 0.0323. The number of hydrogen-bond acceptors (Lipinski definition) is 7. The Labute approximate surface area is 199 Å². The monoisotopic (exact) mass is 483 g/mol. The molecule has 0 bridgehead atoms. The maximum Gasteiger partial charge on any atom is 0.311 e. The summed E-state index contributed by atoms with van der Waals surface area (Å²) in [5.41, 5.74) is 1.11. The predicted molar refractivity (Wildman–Crippen MR) is 125 cm³/mol. The highest BCUT2D eigenvalue weighted by Gasteiger charge is 2.37. The molecule has 1 aromatic heterocycles. The molecule has 10 heteroatoms. The molecule has 1 aliphatic heterocycles. The molecule has 3 aromatic rings. The molecule has 1 aliphatic rings. The van der Waals surface area contributed by atoms with Crippen LogP contribution in [0.1, 0.15) is 19.0 Å². The normalized spacial score (nSPS) is 15.3. The molecule has 0 saturated carbocycles. The standard InChI is InChI=1S/C24H22FN3O5S/c1-15(29)28(19-8-4-3-7-18(19)25)24-26-17(14-34-24)13-33-23(31)16-11-22(30)27(12-16)20-9-5-6-10-21(20)32-2/h3-10,14,16H,11-13H2,1-2H3/t16-/m1/s1. The first-order valence-electron chi connectivity index (χ1n) is 10.5. The van der Waals surface area contributed by atoms with Crippen molar-refractivity contribution in [1.29, 1.82) is 0 Å². The Balaban J connectivity index is 1.41. The van der Waals surface area contributed by atoms with Gasteiger partial charge in [-0.2, -0.15) is 0 Å². The van der Waals surface area contributed by atoms with Gasteiger partial charge < -0.3 is 14.4 Å². The summed E-state index contributed by atoms with van der Waals surface area (Å²) in [5.74, 6) is -1.73. The summed E-state index contributed by atoms with van der Waals surface area (Å²) < 4.78 is 24.9. The van der Waals surface area contributed by atoms with Crippen LogP contribution in [0.4, 0.5) is 20.9 Å². The van der Waals surface area contributed by atoms with E-state index in [2.05, 4.69) is 4.98 Å². The lowest BCUT2D eigenvalue weighted by atomic mass is 10.1. The lowest BCUT2D eigenvalue weighted by molar-refractivity contribution is -0.149. The second-order valence-corrected chi connectivity index (χ2v) is 8.45. The molecular weight excluding hydrogens is 461 g/mol. The van der Waals surface area contributed by atoms with Crippen molar-refractivity contribution in [3.63, 3.8) is 0 Å². The number of halogens is 1. The van der Waals surface area contributed by atoms with E-state index < -0.39 is 23.6 Å². The summed E-state index contributed by atoms with van der Waals surface area (Å²) in [4.78, 5) is 44.4. The molecule has 1 atom stereocenters. The number of methoxy groups -OCH3 is 1. The first-order chi connectivity index (χ1) is 16.4. The molecule has 4 rings (SSSR count). The van der Waals surface area contributed by atoms with Gasteiger partial charge in [-0.25, -0.2) is 9.37 Å². The molecule has 0 N–H and O–H groups in total. The van der Waals surface area contributed by atoms with Crippen LogP contribution >= 0.6 is 11.3 Å². The second-order valence-electron chi connectivity index (χ2n) is 7.61. The number of esters is 1. The maximum absolute atomic E-state index is 14.2. The molecule has 34 heavy (non-hydrogen) atoms. The number of aromatic nitrogens is 1. The van der Waals surface area contributed by atoms with Crippen LogP contribution in [0.25, 0.3) is 0 Å². The average Bonchev–Trinajstić information content (AvgIpc) is 3.45. The number of anilines is 3. The molecule has 0 spiro atoms. The van der Waals surface area contributed by atoms with Crippen LogP contribution < -0.4 is 14.5 Å². The second kappa shape index (κ2) is 10.0. The van der Waals surface area contributed by atoms with Gasteiger partial charge in [-0.1, -0.05) is 24.3 Å². The van der Waals surface area contributed by atoms with Crippen molar-refractivity contribution < 1.29 is 28.2 Å². The fourth-order valence-corrected chi connectivity index (χ4v) is 4.58. The SMILES string of the molecule is COc1ccccc1N1C[C@H](C(=O)OCc2csc(N(C(C)=O)c3ccccc3F)n2)CC1=O. The van der Waals surface area contributed by atoms with E-state index in [1.165, 1.54) is 42.0 Å². The number of thiazole rings is 1. The van der Waals surface area contributed by atoms with Gasteiger partial charge in [0, 0.05) is 25.3 Å². The molecule has 2 aromatic carbocycles. The van der Waals surface area contributed by atoms with Gasteiger partial charge in [0.2, 0.25) is 11.8 Å². The molecule has 0 radical (unpaired) electrons. The number of hydrogen-bond donors (Lipinski definition) is 0. The number of nitrogens with zero attached hydrogens (tertiary/aromatic N) is 3. The van der Waals surface area contributed by atoms with Crippen LogP contribution in [0.5, 0.6) is 5.75 Å².